The van der Waals surface area contributed by atoms with Crippen LogP contribution in [0.15, 0.2) is 107 Å². The van der Waals surface area contributed by atoms with Crippen molar-refractivity contribution >= 4 is 29.4 Å². The topological polar surface area (TPSA) is 123 Å². The number of ether oxygens (including phenoxy) is 4. The molecule has 0 aliphatic carbocycles. The summed E-state index contributed by atoms with van der Waals surface area (Å²) in [5.41, 5.74) is 4.74. The molecule has 1 atom stereocenters. The van der Waals surface area contributed by atoms with Crippen LogP contribution >= 0.6 is 11.3 Å². The standard InChI is InChI=1S/C38H34N4O7S/c1-7-17-48-29-15-13-25(18-22(29)2)34-27(21-41(40-34)28-11-9-8-10-12-28)20-32-36(44)42-35(33(37(45)47-6)23(3)39-38(42)50-32)26-14-16-30(49-24(4)43)31(19-26)46-5/h7-16,18-21,35H,1,17H2,2-6H3. The number of allylic oxidation sites excluding steroid dienone is 1. The molecule has 0 N–H and O–H groups in total. The lowest BCUT2D eigenvalue weighted by Gasteiger charge is -2.25. The zero-order chi connectivity index (χ0) is 35.5. The smallest absolute Gasteiger partial charge is 0.338 e. The minimum Gasteiger partial charge on any atom is -0.493 e. The lowest BCUT2D eigenvalue weighted by molar-refractivity contribution is -0.136. The SMILES string of the molecule is C=CCOc1ccc(-c2nn(-c3ccccc3)cc2C=c2sc3n(c2=O)C(c2ccc(OC(C)=O)c(OC)c2)C(C(=O)OC)=C(C)N=3)cc1C. The number of esters is 2. The third-order valence-corrected chi connectivity index (χ3v) is 9.02. The molecule has 3 heterocycles. The second kappa shape index (κ2) is 14.2. The van der Waals surface area contributed by atoms with Gasteiger partial charge in [0, 0.05) is 24.2 Å². The van der Waals surface area contributed by atoms with Crippen molar-refractivity contribution in [2.24, 2.45) is 4.99 Å². The van der Waals surface area contributed by atoms with Gasteiger partial charge in [-0.15, -0.1) is 0 Å². The molecule has 0 saturated carbocycles. The third kappa shape index (κ3) is 6.52. The Balaban J connectivity index is 1.54. The van der Waals surface area contributed by atoms with Crippen molar-refractivity contribution in [1.82, 2.24) is 14.3 Å². The molecule has 1 unspecified atom stereocenters. The van der Waals surface area contributed by atoms with Gasteiger partial charge in [-0.2, -0.15) is 5.10 Å². The highest BCUT2D eigenvalue weighted by molar-refractivity contribution is 7.07. The zero-order valence-corrected chi connectivity index (χ0v) is 28.9. The molecular weight excluding hydrogens is 657 g/mol. The fraction of sp³-hybridized carbons (Fsp3) is 0.184. The summed E-state index contributed by atoms with van der Waals surface area (Å²) in [5.74, 6) is 0.0520. The van der Waals surface area contributed by atoms with Gasteiger partial charge in [0.25, 0.3) is 5.56 Å². The molecular formula is C38H34N4O7S. The maximum atomic E-state index is 14.4. The van der Waals surface area contributed by atoms with Gasteiger partial charge in [-0.3, -0.25) is 14.2 Å². The van der Waals surface area contributed by atoms with Gasteiger partial charge >= 0.3 is 11.9 Å². The van der Waals surface area contributed by atoms with E-state index >= 15 is 0 Å². The summed E-state index contributed by atoms with van der Waals surface area (Å²) in [7, 11) is 2.72. The van der Waals surface area contributed by atoms with E-state index in [0.29, 0.717) is 38.5 Å². The number of carbonyl (C=O) groups excluding carboxylic acids is 2. The van der Waals surface area contributed by atoms with Gasteiger partial charge in [-0.05, 0) is 73.5 Å². The largest absolute Gasteiger partial charge is 0.493 e. The Morgan fingerprint density at radius 2 is 1.76 bits per heavy atom. The first kappa shape index (κ1) is 33.9. The summed E-state index contributed by atoms with van der Waals surface area (Å²) in [6.07, 6.45) is 5.36. The average Bonchev–Trinajstić information content (AvgIpc) is 3.67. The van der Waals surface area contributed by atoms with Gasteiger partial charge in [-0.1, -0.05) is 48.3 Å². The van der Waals surface area contributed by atoms with Crippen molar-refractivity contribution < 1.29 is 28.5 Å². The van der Waals surface area contributed by atoms with Crippen LogP contribution in [0, 0.1) is 6.92 Å². The van der Waals surface area contributed by atoms with E-state index in [9.17, 15) is 14.4 Å². The highest BCUT2D eigenvalue weighted by Gasteiger charge is 2.34. The maximum Gasteiger partial charge on any atom is 0.338 e. The number of carbonyl (C=O) groups is 2. The molecule has 1 aliphatic rings. The van der Waals surface area contributed by atoms with Crippen molar-refractivity contribution in [1.29, 1.82) is 0 Å². The number of aryl methyl sites for hydroxylation is 1. The highest BCUT2D eigenvalue weighted by Crippen LogP contribution is 2.36. The van der Waals surface area contributed by atoms with Crippen LogP contribution in [0.4, 0.5) is 0 Å². The molecule has 0 spiro atoms. The second-order valence-corrected chi connectivity index (χ2v) is 12.4. The average molecular weight is 691 g/mol. The van der Waals surface area contributed by atoms with E-state index in [-0.39, 0.29) is 22.6 Å². The predicted molar refractivity (Wildman–Crippen MR) is 190 cm³/mol. The summed E-state index contributed by atoms with van der Waals surface area (Å²) < 4.78 is 25.4. The quantitative estimate of drug-likeness (QED) is 0.113. The van der Waals surface area contributed by atoms with Crippen molar-refractivity contribution in [3.63, 3.8) is 0 Å². The number of hydrogen-bond donors (Lipinski definition) is 0. The van der Waals surface area contributed by atoms with E-state index < -0.39 is 18.0 Å². The Labute approximate surface area is 291 Å². The summed E-state index contributed by atoms with van der Waals surface area (Å²) in [5, 5.41) is 4.94. The molecule has 0 fully saturated rings. The lowest BCUT2D eigenvalue weighted by atomic mass is 9.95. The first-order valence-corrected chi connectivity index (χ1v) is 16.4. The number of methoxy groups -OCH3 is 2. The predicted octanol–water partition coefficient (Wildman–Crippen LogP) is 5.07. The minimum absolute atomic E-state index is 0.195. The van der Waals surface area contributed by atoms with Crippen LogP contribution in [-0.2, 0) is 14.3 Å². The molecule has 1 aliphatic heterocycles. The molecule has 0 bridgehead atoms. The number of rotatable bonds is 10. The van der Waals surface area contributed by atoms with E-state index in [4.69, 9.17) is 24.0 Å². The monoisotopic (exact) mass is 690 g/mol. The van der Waals surface area contributed by atoms with Gasteiger partial charge in [0.2, 0.25) is 0 Å². The number of thiazole rings is 1. The van der Waals surface area contributed by atoms with Crippen LogP contribution in [-0.4, -0.2) is 47.1 Å². The molecule has 3 aromatic carbocycles. The Hall–Kier alpha value is -6.01. The fourth-order valence-corrected chi connectivity index (χ4v) is 6.82. The van der Waals surface area contributed by atoms with Crippen LogP contribution in [0.2, 0.25) is 0 Å². The van der Waals surface area contributed by atoms with E-state index in [0.717, 1.165) is 22.6 Å². The first-order chi connectivity index (χ1) is 24.1. The molecule has 50 heavy (non-hydrogen) atoms. The molecule has 0 radical (unpaired) electrons. The van der Waals surface area contributed by atoms with Crippen LogP contribution in [0.1, 0.15) is 36.6 Å². The summed E-state index contributed by atoms with van der Waals surface area (Å²) in [4.78, 5) is 44.4. The highest BCUT2D eigenvalue weighted by atomic mass is 32.1. The zero-order valence-electron chi connectivity index (χ0n) is 28.1. The van der Waals surface area contributed by atoms with Crippen molar-refractivity contribution in [3.05, 3.63) is 133 Å². The van der Waals surface area contributed by atoms with Gasteiger partial charge in [0.1, 0.15) is 18.1 Å². The van der Waals surface area contributed by atoms with E-state index in [1.807, 2.05) is 61.7 Å². The number of benzene rings is 3. The van der Waals surface area contributed by atoms with Crippen molar-refractivity contribution in [2.45, 2.75) is 26.8 Å². The lowest BCUT2D eigenvalue weighted by Crippen LogP contribution is -2.39. The van der Waals surface area contributed by atoms with Crippen LogP contribution in [0.3, 0.4) is 0 Å². The summed E-state index contributed by atoms with van der Waals surface area (Å²) in [6.45, 7) is 9.06. The minimum atomic E-state index is -0.904. The molecule has 5 aromatic rings. The Bertz CT molecular complexity index is 2350. The molecule has 12 heteroatoms. The van der Waals surface area contributed by atoms with Crippen molar-refractivity contribution in [2.75, 3.05) is 20.8 Å². The maximum absolute atomic E-state index is 14.4. The van der Waals surface area contributed by atoms with Gasteiger partial charge in [-0.25, -0.2) is 14.5 Å². The van der Waals surface area contributed by atoms with Gasteiger partial charge in [0.05, 0.1) is 41.8 Å². The fourth-order valence-electron chi connectivity index (χ4n) is 5.78. The Morgan fingerprint density at radius 3 is 2.44 bits per heavy atom. The Morgan fingerprint density at radius 1 is 1.00 bits per heavy atom. The second-order valence-electron chi connectivity index (χ2n) is 11.4. The first-order valence-electron chi connectivity index (χ1n) is 15.6. The van der Waals surface area contributed by atoms with Crippen LogP contribution in [0.5, 0.6) is 17.2 Å². The third-order valence-electron chi connectivity index (χ3n) is 8.04. The molecule has 11 nitrogen and oxygen atoms in total. The molecule has 254 valence electrons. The summed E-state index contributed by atoms with van der Waals surface area (Å²) in [6, 6.07) is 19.5. The Kier molecular flexibility index (Phi) is 9.64. The summed E-state index contributed by atoms with van der Waals surface area (Å²) >= 11 is 1.20. The number of hydrogen-bond acceptors (Lipinski definition) is 10. The molecule has 2 aromatic heterocycles. The van der Waals surface area contributed by atoms with Crippen LogP contribution < -0.4 is 29.1 Å². The van der Waals surface area contributed by atoms with E-state index in [1.54, 1.807) is 42.0 Å². The van der Waals surface area contributed by atoms with Gasteiger partial charge in [0.15, 0.2) is 16.3 Å². The molecule has 0 amide bonds. The number of para-hydroxylation sites is 1. The van der Waals surface area contributed by atoms with Crippen molar-refractivity contribution in [3.8, 4) is 34.2 Å². The molecule has 6 rings (SSSR count). The number of fused-ring (bicyclic) bond motifs is 1. The van der Waals surface area contributed by atoms with Gasteiger partial charge < -0.3 is 18.9 Å². The number of nitrogens with zero attached hydrogens (tertiary/aromatic N) is 4. The van der Waals surface area contributed by atoms with E-state index in [1.165, 1.54) is 37.0 Å². The molecule has 0 saturated heterocycles. The normalized spacial score (nSPS) is 14.1. The van der Waals surface area contributed by atoms with E-state index in [2.05, 4.69) is 11.6 Å². The number of aromatic nitrogens is 3. The van der Waals surface area contributed by atoms with Crippen LogP contribution in [0.25, 0.3) is 23.0 Å².